The van der Waals surface area contributed by atoms with E-state index in [1.54, 1.807) is 13.2 Å². The quantitative estimate of drug-likeness (QED) is 0.736. The van der Waals surface area contributed by atoms with E-state index in [1.807, 2.05) is 30.6 Å². The van der Waals surface area contributed by atoms with E-state index in [1.165, 1.54) is 18.4 Å². The molecule has 1 N–H and O–H groups in total. The van der Waals surface area contributed by atoms with E-state index in [0.29, 0.717) is 11.7 Å². The van der Waals surface area contributed by atoms with E-state index in [2.05, 4.69) is 26.9 Å². The smallest absolute Gasteiger partial charge is 0.120 e. The van der Waals surface area contributed by atoms with Crippen LogP contribution < -0.4 is 0 Å². The van der Waals surface area contributed by atoms with Crippen molar-refractivity contribution in [3.8, 4) is 5.75 Å². The normalized spacial score (nSPS) is 16.1. The highest BCUT2D eigenvalue weighted by Crippen LogP contribution is 2.23. The first-order valence-corrected chi connectivity index (χ1v) is 9.84. The van der Waals surface area contributed by atoms with Gasteiger partial charge in [-0.2, -0.15) is 0 Å². The van der Waals surface area contributed by atoms with Crippen molar-refractivity contribution in [3.63, 3.8) is 0 Å². The molecule has 0 amide bonds. The Balaban J connectivity index is 1.61. The first-order valence-electron chi connectivity index (χ1n) is 9.84. The van der Waals surface area contributed by atoms with Crippen molar-refractivity contribution in [1.29, 1.82) is 0 Å². The number of likely N-dealkylation sites (tertiary alicyclic amines) is 1. The Morgan fingerprint density at radius 1 is 1.11 bits per heavy atom. The number of aromatic nitrogens is 1. The molecule has 146 valence electrons. The van der Waals surface area contributed by atoms with Crippen LogP contribution >= 0.6 is 0 Å². The molecule has 27 heavy (non-hydrogen) atoms. The summed E-state index contributed by atoms with van der Waals surface area (Å²) in [6, 6.07) is 11.8. The van der Waals surface area contributed by atoms with E-state index in [-0.39, 0.29) is 0 Å². The SMILES string of the molecule is COCCN1CCC(CN(Cc2ccncc2)Cc2ccccc2O)CC1. The first-order chi connectivity index (χ1) is 13.2. The molecule has 0 aliphatic carbocycles. The number of para-hydroxylation sites is 1. The van der Waals surface area contributed by atoms with Gasteiger partial charge < -0.3 is 14.7 Å². The van der Waals surface area contributed by atoms with Crippen molar-refractivity contribution in [3.05, 3.63) is 59.9 Å². The predicted octanol–water partition coefficient (Wildman–Crippen LogP) is 3.15. The van der Waals surface area contributed by atoms with Crippen LogP contribution in [0.15, 0.2) is 48.8 Å². The second-order valence-corrected chi connectivity index (χ2v) is 7.43. The maximum absolute atomic E-state index is 10.2. The largest absolute Gasteiger partial charge is 0.508 e. The minimum Gasteiger partial charge on any atom is -0.508 e. The number of ether oxygens (including phenoxy) is 1. The summed E-state index contributed by atoms with van der Waals surface area (Å²) in [5.74, 6) is 1.07. The van der Waals surface area contributed by atoms with Gasteiger partial charge in [0.25, 0.3) is 0 Å². The van der Waals surface area contributed by atoms with Crippen LogP contribution in [0.4, 0.5) is 0 Å². The number of benzene rings is 1. The highest BCUT2D eigenvalue weighted by Gasteiger charge is 2.22. The van der Waals surface area contributed by atoms with E-state index < -0.39 is 0 Å². The summed E-state index contributed by atoms with van der Waals surface area (Å²) in [4.78, 5) is 9.08. The number of phenolic OH excluding ortho intramolecular Hbond substituents is 1. The summed E-state index contributed by atoms with van der Waals surface area (Å²) in [5, 5.41) is 10.2. The summed E-state index contributed by atoms with van der Waals surface area (Å²) in [7, 11) is 1.77. The van der Waals surface area contributed by atoms with Crippen LogP contribution in [0.2, 0.25) is 0 Å². The molecular weight excluding hydrogens is 338 g/mol. The van der Waals surface area contributed by atoms with Crippen LogP contribution in [-0.4, -0.2) is 59.8 Å². The van der Waals surface area contributed by atoms with Crippen molar-refractivity contribution in [2.45, 2.75) is 25.9 Å². The van der Waals surface area contributed by atoms with Crippen LogP contribution in [0.5, 0.6) is 5.75 Å². The van der Waals surface area contributed by atoms with E-state index in [4.69, 9.17) is 4.74 Å². The van der Waals surface area contributed by atoms with Crippen molar-refractivity contribution >= 4 is 0 Å². The van der Waals surface area contributed by atoms with E-state index in [9.17, 15) is 5.11 Å². The summed E-state index contributed by atoms with van der Waals surface area (Å²) in [6.07, 6.45) is 6.14. The highest BCUT2D eigenvalue weighted by atomic mass is 16.5. The molecule has 1 aliphatic rings. The number of hydrogen-bond acceptors (Lipinski definition) is 5. The second kappa shape index (κ2) is 10.4. The average Bonchev–Trinajstić information content (AvgIpc) is 2.70. The lowest BCUT2D eigenvalue weighted by Crippen LogP contribution is -2.39. The van der Waals surface area contributed by atoms with Crippen molar-refractivity contribution in [2.75, 3.05) is 39.9 Å². The number of nitrogens with zero attached hydrogens (tertiary/aromatic N) is 3. The van der Waals surface area contributed by atoms with Crippen LogP contribution in [0.25, 0.3) is 0 Å². The molecule has 0 unspecified atom stereocenters. The molecule has 1 fully saturated rings. The summed E-state index contributed by atoms with van der Waals surface area (Å²) in [6.45, 7) is 6.82. The fourth-order valence-corrected chi connectivity index (χ4v) is 3.79. The van der Waals surface area contributed by atoms with Gasteiger partial charge in [0.15, 0.2) is 0 Å². The number of methoxy groups -OCH3 is 1. The molecule has 0 spiro atoms. The van der Waals surface area contributed by atoms with Crippen LogP contribution in [0, 0.1) is 5.92 Å². The first kappa shape index (κ1) is 19.8. The Hall–Kier alpha value is -1.95. The Bertz CT molecular complexity index is 672. The minimum atomic E-state index is 0.381. The number of piperidine rings is 1. The van der Waals surface area contributed by atoms with Gasteiger partial charge in [-0.25, -0.2) is 0 Å². The molecule has 0 atom stereocenters. The number of phenols is 1. The fourth-order valence-electron chi connectivity index (χ4n) is 3.79. The van der Waals surface area contributed by atoms with Crippen molar-refractivity contribution in [2.24, 2.45) is 5.92 Å². The lowest BCUT2D eigenvalue weighted by molar-refractivity contribution is 0.103. The average molecular weight is 370 g/mol. The van der Waals surface area contributed by atoms with Crippen LogP contribution in [-0.2, 0) is 17.8 Å². The monoisotopic (exact) mass is 369 g/mol. The van der Waals surface area contributed by atoms with Gasteiger partial charge in [-0.15, -0.1) is 0 Å². The molecule has 1 aliphatic heterocycles. The predicted molar refractivity (Wildman–Crippen MR) is 107 cm³/mol. The van der Waals surface area contributed by atoms with Crippen molar-refractivity contribution in [1.82, 2.24) is 14.8 Å². The fraction of sp³-hybridized carbons (Fsp3) is 0.500. The zero-order chi connectivity index (χ0) is 18.9. The second-order valence-electron chi connectivity index (χ2n) is 7.43. The zero-order valence-electron chi connectivity index (χ0n) is 16.3. The van der Waals surface area contributed by atoms with Gasteiger partial charge >= 0.3 is 0 Å². The van der Waals surface area contributed by atoms with E-state index >= 15 is 0 Å². The van der Waals surface area contributed by atoms with Gasteiger partial charge in [-0.05, 0) is 55.6 Å². The third kappa shape index (κ3) is 6.31. The number of rotatable bonds is 9. The number of hydrogen-bond donors (Lipinski definition) is 1. The zero-order valence-corrected chi connectivity index (χ0v) is 16.3. The van der Waals surface area contributed by atoms with Gasteiger partial charge in [-0.3, -0.25) is 9.88 Å². The summed E-state index contributed by atoms with van der Waals surface area (Å²) < 4.78 is 5.20. The van der Waals surface area contributed by atoms with Gasteiger partial charge in [0.1, 0.15) is 5.75 Å². The molecule has 2 aromatic rings. The Labute approximate surface area is 162 Å². The Morgan fingerprint density at radius 2 is 1.85 bits per heavy atom. The van der Waals surface area contributed by atoms with Gasteiger partial charge in [0, 0.05) is 51.2 Å². The molecular formula is C22H31N3O2. The maximum Gasteiger partial charge on any atom is 0.120 e. The lowest BCUT2D eigenvalue weighted by Gasteiger charge is -2.35. The van der Waals surface area contributed by atoms with Gasteiger partial charge in [0.05, 0.1) is 6.61 Å². The Kier molecular flexibility index (Phi) is 7.63. The maximum atomic E-state index is 10.2. The van der Waals surface area contributed by atoms with Gasteiger partial charge in [-0.1, -0.05) is 18.2 Å². The lowest BCUT2D eigenvalue weighted by atomic mass is 9.95. The van der Waals surface area contributed by atoms with Crippen LogP contribution in [0.1, 0.15) is 24.0 Å². The molecule has 2 heterocycles. The topological polar surface area (TPSA) is 48.8 Å². The van der Waals surface area contributed by atoms with Crippen molar-refractivity contribution < 1.29 is 9.84 Å². The van der Waals surface area contributed by atoms with E-state index in [0.717, 1.165) is 51.4 Å². The molecule has 0 bridgehead atoms. The molecule has 1 saturated heterocycles. The Morgan fingerprint density at radius 3 is 2.56 bits per heavy atom. The molecule has 5 nitrogen and oxygen atoms in total. The summed E-state index contributed by atoms with van der Waals surface area (Å²) in [5.41, 5.74) is 2.25. The summed E-state index contributed by atoms with van der Waals surface area (Å²) >= 11 is 0. The number of pyridine rings is 1. The molecule has 3 rings (SSSR count). The molecule has 0 radical (unpaired) electrons. The van der Waals surface area contributed by atoms with Crippen LogP contribution in [0.3, 0.4) is 0 Å². The van der Waals surface area contributed by atoms with Gasteiger partial charge in [0.2, 0.25) is 0 Å². The third-order valence-electron chi connectivity index (χ3n) is 5.38. The minimum absolute atomic E-state index is 0.381. The molecule has 5 heteroatoms. The standard InChI is InChI=1S/C22H31N3O2/c1-27-15-14-24-12-8-20(9-13-24)17-25(16-19-6-10-23-11-7-19)18-21-4-2-3-5-22(21)26/h2-7,10-11,20,26H,8-9,12-18H2,1H3. The highest BCUT2D eigenvalue weighted by molar-refractivity contribution is 5.31. The third-order valence-corrected chi connectivity index (χ3v) is 5.38. The number of aromatic hydroxyl groups is 1. The molecule has 0 saturated carbocycles. The molecule has 1 aromatic carbocycles. The molecule has 1 aromatic heterocycles.